The lowest BCUT2D eigenvalue weighted by atomic mass is 10.2. The van der Waals surface area contributed by atoms with Crippen molar-refractivity contribution in [3.63, 3.8) is 0 Å². The molecule has 3 rings (SSSR count). The van der Waals surface area contributed by atoms with Gasteiger partial charge in [-0.1, -0.05) is 19.1 Å². The number of hydrogen-bond acceptors (Lipinski definition) is 5. The second-order valence-corrected chi connectivity index (χ2v) is 8.42. The Labute approximate surface area is 168 Å². The summed E-state index contributed by atoms with van der Waals surface area (Å²) in [6, 6.07) is 9.61. The van der Waals surface area contributed by atoms with E-state index in [0.717, 1.165) is 54.5 Å². The quantitative estimate of drug-likeness (QED) is 0.722. The third-order valence-electron chi connectivity index (χ3n) is 4.57. The van der Waals surface area contributed by atoms with E-state index in [4.69, 9.17) is 0 Å². The smallest absolute Gasteiger partial charge is 0.254 e. The number of carbonyl (C=O) groups excluding carboxylic acids is 2. The highest BCUT2D eigenvalue weighted by Crippen LogP contribution is 2.22. The van der Waals surface area contributed by atoms with E-state index in [1.807, 2.05) is 46.0 Å². The van der Waals surface area contributed by atoms with Crippen LogP contribution in [0, 0.1) is 0 Å². The number of nitrogens with one attached hydrogen (secondary N) is 1. The van der Waals surface area contributed by atoms with Crippen molar-refractivity contribution in [1.82, 2.24) is 15.1 Å². The van der Waals surface area contributed by atoms with E-state index in [-0.39, 0.29) is 11.8 Å². The van der Waals surface area contributed by atoms with Crippen molar-refractivity contribution in [1.29, 1.82) is 0 Å². The Morgan fingerprint density at radius 1 is 1.15 bits per heavy atom. The summed E-state index contributed by atoms with van der Waals surface area (Å²) in [6.45, 7) is 6.65. The van der Waals surface area contributed by atoms with Gasteiger partial charge in [0.15, 0.2) is 0 Å². The van der Waals surface area contributed by atoms with Crippen molar-refractivity contribution < 1.29 is 9.59 Å². The fourth-order valence-electron chi connectivity index (χ4n) is 3.10. The Morgan fingerprint density at radius 2 is 1.93 bits per heavy atom. The Balaban J connectivity index is 1.42. The van der Waals surface area contributed by atoms with Crippen LogP contribution < -0.4 is 5.32 Å². The third-order valence-corrected chi connectivity index (χ3v) is 6.21. The first-order valence-electron chi connectivity index (χ1n) is 9.23. The van der Waals surface area contributed by atoms with Crippen LogP contribution in [0.4, 0.5) is 0 Å². The average molecular weight is 404 g/mol. The number of amides is 2. The zero-order valence-corrected chi connectivity index (χ0v) is 17.2. The summed E-state index contributed by atoms with van der Waals surface area (Å²) in [4.78, 5) is 30.1. The number of hydrogen-bond donors (Lipinski definition) is 1. The summed E-state index contributed by atoms with van der Waals surface area (Å²) in [5.74, 6) is 1.05. The Kier molecular flexibility index (Phi) is 7.32. The van der Waals surface area contributed by atoms with Gasteiger partial charge in [0.05, 0.1) is 11.1 Å². The Morgan fingerprint density at radius 3 is 2.63 bits per heavy atom. The minimum atomic E-state index is -0.0159. The predicted octanol–water partition coefficient (Wildman–Crippen LogP) is 3.05. The lowest BCUT2D eigenvalue weighted by Gasteiger charge is -2.34. The maximum atomic E-state index is 12.5. The molecule has 27 heavy (non-hydrogen) atoms. The molecule has 0 saturated carbocycles. The van der Waals surface area contributed by atoms with Crippen LogP contribution in [0.1, 0.15) is 27.6 Å². The van der Waals surface area contributed by atoms with Crippen LogP contribution in [0.2, 0.25) is 0 Å². The Hall–Kier alpha value is -1.83. The molecule has 1 N–H and O–H groups in total. The summed E-state index contributed by atoms with van der Waals surface area (Å²) in [5.41, 5.74) is 1.53. The zero-order valence-electron chi connectivity index (χ0n) is 15.5. The van der Waals surface area contributed by atoms with Gasteiger partial charge in [-0.05, 0) is 29.3 Å². The molecule has 5 nitrogen and oxygen atoms in total. The first-order chi connectivity index (χ1) is 13.2. The summed E-state index contributed by atoms with van der Waals surface area (Å²) in [5, 5.41) is 6.86. The molecule has 1 saturated heterocycles. The number of thiophene rings is 1. The molecule has 1 aliphatic heterocycles. The van der Waals surface area contributed by atoms with Crippen molar-refractivity contribution in [2.24, 2.45) is 0 Å². The minimum absolute atomic E-state index is 0.0159. The number of piperazine rings is 1. The van der Waals surface area contributed by atoms with Gasteiger partial charge in [-0.15, -0.1) is 11.8 Å². The normalized spacial score (nSPS) is 14.9. The summed E-state index contributed by atoms with van der Waals surface area (Å²) in [7, 11) is 0. The lowest BCUT2D eigenvalue weighted by Crippen LogP contribution is -2.50. The van der Waals surface area contributed by atoms with Crippen molar-refractivity contribution in [2.75, 3.05) is 45.0 Å². The highest BCUT2D eigenvalue weighted by atomic mass is 32.2. The molecule has 0 radical (unpaired) electrons. The monoisotopic (exact) mass is 403 g/mol. The molecule has 1 fully saturated rings. The number of benzene rings is 1. The molecule has 0 atom stereocenters. The highest BCUT2D eigenvalue weighted by Gasteiger charge is 2.22. The molecular weight excluding hydrogens is 378 g/mol. The largest absolute Gasteiger partial charge is 0.351 e. The van der Waals surface area contributed by atoms with Crippen LogP contribution in [0.15, 0.2) is 46.0 Å². The minimum Gasteiger partial charge on any atom is -0.351 e. The van der Waals surface area contributed by atoms with Gasteiger partial charge >= 0.3 is 0 Å². The molecule has 7 heteroatoms. The topological polar surface area (TPSA) is 52.7 Å². The van der Waals surface area contributed by atoms with Gasteiger partial charge in [-0.3, -0.25) is 14.5 Å². The van der Waals surface area contributed by atoms with Gasteiger partial charge in [0.2, 0.25) is 0 Å². The first kappa shape index (κ1) is 19.9. The predicted molar refractivity (Wildman–Crippen MR) is 112 cm³/mol. The fourth-order valence-corrected chi connectivity index (χ4v) is 4.53. The van der Waals surface area contributed by atoms with Crippen molar-refractivity contribution >= 4 is 34.9 Å². The van der Waals surface area contributed by atoms with E-state index in [2.05, 4.69) is 17.1 Å². The van der Waals surface area contributed by atoms with Crippen LogP contribution >= 0.6 is 23.1 Å². The molecule has 1 aliphatic rings. The van der Waals surface area contributed by atoms with Crippen LogP contribution in [0.3, 0.4) is 0 Å². The molecule has 2 aromatic rings. The number of rotatable bonds is 7. The molecule has 0 spiro atoms. The van der Waals surface area contributed by atoms with Gasteiger partial charge in [-0.2, -0.15) is 11.3 Å². The van der Waals surface area contributed by atoms with Crippen molar-refractivity contribution in [3.8, 4) is 0 Å². The Bertz CT molecular complexity index is 756. The third kappa shape index (κ3) is 5.34. The van der Waals surface area contributed by atoms with Gasteiger partial charge < -0.3 is 10.2 Å². The van der Waals surface area contributed by atoms with Gasteiger partial charge in [0.1, 0.15) is 0 Å². The molecule has 144 valence electrons. The van der Waals surface area contributed by atoms with E-state index >= 15 is 0 Å². The zero-order chi connectivity index (χ0) is 19.1. The first-order valence-corrected chi connectivity index (χ1v) is 11.2. The molecule has 2 amide bonds. The second kappa shape index (κ2) is 9.92. The number of thioether (sulfide) groups is 1. The number of nitrogens with zero attached hydrogens (tertiary/aromatic N) is 2. The number of carbonyl (C=O) groups is 2. The molecule has 1 aromatic carbocycles. The van der Waals surface area contributed by atoms with Crippen LogP contribution in [0.25, 0.3) is 0 Å². The van der Waals surface area contributed by atoms with E-state index in [9.17, 15) is 9.59 Å². The maximum absolute atomic E-state index is 12.5. The van der Waals surface area contributed by atoms with Gasteiger partial charge in [-0.25, -0.2) is 0 Å². The van der Waals surface area contributed by atoms with E-state index in [1.165, 1.54) is 0 Å². The van der Waals surface area contributed by atoms with Crippen LogP contribution in [-0.4, -0.2) is 66.6 Å². The summed E-state index contributed by atoms with van der Waals surface area (Å²) < 4.78 is 0. The standard InChI is InChI=1S/C20H25N3O2S2/c1-2-27-18-6-4-3-5-17(18)19(24)21-8-9-22-10-12-23(13-11-22)20(25)16-7-14-26-15-16/h3-7,14-15H,2,8-13H2,1H3,(H,21,24). The average Bonchev–Trinajstić information content (AvgIpc) is 3.23. The summed E-state index contributed by atoms with van der Waals surface area (Å²) >= 11 is 3.23. The fraction of sp³-hybridized carbons (Fsp3) is 0.400. The molecule has 0 unspecified atom stereocenters. The van der Waals surface area contributed by atoms with E-state index < -0.39 is 0 Å². The van der Waals surface area contributed by atoms with Crippen LogP contribution in [-0.2, 0) is 0 Å². The highest BCUT2D eigenvalue weighted by molar-refractivity contribution is 7.99. The molecular formula is C20H25N3O2S2. The van der Waals surface area contributed by atoms with Gasteiger partial charge in [0, 0.05) is 49.5 Å². The molecule has 2 heterocycles. The van der Waals surface area contributed by atoms with Gasteiger partial charge in [0.25, 0.3) is 11.8 Å². The summed E-state index contributed by atoms with van der Waals surface area (Å²) in [6.07, 6.45) is 0. The second-order valence-electron chi connectivity index (χ2n) is 6.33. The maximum Gasteiger partial charge on any atom is 0.254 e. The van der Waals surface area contributed by atoms with Crippen molar-refractivity contribution in [2.45, 2.75) is 11.8 Å². The van der Waals surface area contributed by atoms with E-state index in [0.29, 0.717) is 6.54 Å². The SMILES string of the molecule is CCSc1ccccc1C(=O)NCCN1CCN(C(=O)c2ccsc2)CC1. The molecule has 1 aromatic heterocycles. The van der Waals surface area contributed by atoms with E-state index in [1.54, 1.807) is 23.1 Å². The lowest BCUT2D eigenvalue weighted by molar-refractivity contribution is 0.0638. The molecule has 0 aliphatic carbocycles. The van der Waals surface area contributed by atoms with Crippen LogP contribution in [0.5, 0.6) is 0 Å². The van der Waals surface area contributed by atoms with Crippen molar-refractivity contribution in [3.05, 3.63) is 52.2 Å². The molecule has 0 bridgehead atoms.